The van der Waals surface area contributed by atoms with Crippen LogP contribution >= 0.6 is 0 Å². The highest BCUT2D eigenvalue weighted by atomic mass is 16.5. The van der Waals surface area contributed by atoms with Crippen LogP contribution in [0.4, 0.5) is 4.79 Å². The lowest BCUT2D eigenvalue weighted by molar-refractivity contribution is -0.140. The number of hydrogen-bond donors (Lipinski definition) is 1. The number of furan rings is 1. The Morgan fingerprint density at radius 1 is 1.50 bits per heavy atom. The number of urea groups is 1. The van der Waals surface area contributed by atoms with Crippen LogP contribution in [0.1, 0.15) is 19.1 Å². The third-order valence-corrected chi connectivity index (χ3v) is 2.36. The molecule has 0 saturated carbocycles. The summed E-state index contributed by atoms with van der Waals surface area (Å²) in [5, 5.41) is 2.69. The molecule has 0 radical (unpaired) electrons. The van der Waals surface area contributed by atoms with E-state index in [4.69, 9.17) is 4.42 Å². The first-order valence-corrected chi connectivity index (χ1v) is 5.79. The highest BCUT2D eigenvalue weighted by molar-refractivity contribution is 5.75. The summed E-state index contributed by atoms with van der Waals surface area (Å²) in [7, 11) is 1.32. The Kier molecular flexibility index (Phi) is 5.76. The fraction of sp³-hybridized carbons (Fsp3) is 0.500. The number of esters is 1. The van der Waals surface area contributed by atoms with Crippen LogP contribution in [0.15, 0.2) is 22.8 Å². The molecule has 1 aromatic rings. The van der Waals surface area contributed by atoms with E-state index in [0.717, 1.165) is 0 Å². The number of nitrogens with one attached hydrogen (secondary N) is 1. The maximum absolute atomic E-state index is 11.8. The molecule has 0 fully saturated rings. The van der Waals surface area contributed by atoms with Gasteiger partial charge in [0, 0.05) is 13.1 Å². The number of carbonyl (C=O) groups is 2. The highest BCUT2D eigenvalue weighted by Crippen LogP contribution is 2.06. The molecule has 1 heterocycles. The molecule has 6 heteroatoms. The van der Waals surface area contributed by atoms with Crippen molar-refractivity contribution in [2.24, 2.45) is 0 Å². The van der Waals surface area contributed by atoms with Gasteiger partial charge in [-0.05, 0) is 19.1 Å². The molecule has 0 aliphatic heterocycles. The maximum atomic E-state index is 11.8. The normalized spacial score (nSPS) is 9.89. The standard InChI is InChI=1S/C12H18N2O4/c1-3-13-12(16)14(7-6-11(15)17-2)9-10-5-4-8-18-10/h4-5,8H,3,6-7,9H2,1-2H3,(H,13,16). The molecule has 0 aliphatic carbocycles. The molecule has 0 aromatic carbocycles. The second-order valence-electron chi connectivity index (χ2n) is 3.66. The van der Waals surface area contributed by atoms with Crippen LogP contribution in [0.3, 0.4) is 0 Å². The van der Waals surface area contributed by atoms with Gasteiger partial charge in [-0.1, -0.05) is 0 Å². The highest BCUT2D eigenvalue weighted by Gasteiger charge is 2.16. The lowest BCUT2D eigenvalue weighted by atomic mass is 10.3. The minimum absolute atomic E-state index is 0.161. The number of hydrogen-bond acceptors (Lipinski definition) is 4. The summed E-state index contributed by atoms with van der Waals surface area (Å²) in [5.74, 6) is 0.329. The minimum Gasteiger partial charge on any atom is -0.469 e. The van der Waals surface area contributed by atoms with Crippen molar-refractivity contribution in [2.45, 2.75) is 19.9 Å². The predicted molar refractivity (Wildman–Crippen MR) is 64.8 cm³/mol. The molecule has 1 rings (SSSR count). The smallest absolute Gasteiger partial charge is 0.317 e. The number of nitrogens with zero attached hydrogens (tertiary/aromatic N) is 1. The second kappa shape index (κ2) is 7.37. The molecular weight excluding hydrogens is 236 g/mol. The zero-order valence-corrected chi connectivity index (χ0v) is 10.6. The first kappa shape index (κ1) is 14.1. The van der Waals surface area contributed by atoms with Crippen molar-refractivity contribution in [1.82, 2.24) is 10.2 Å². The van der Waals surface area contributed by atoms with Gasteiger partial charge in [-0.2, -0.15) is 0 Å². The summed E-state index contributed by atoms with van der Waals surface area (Å²) in [6.07, 6.45) is 1.71. The lowest BCUT2D eigenvalue weighted by Gasteiger charge is -2.21. The molecular formula is C12H18N2O4. The molecule has 1 N–H and O–H groups in total. The third kappa shape index (κ3) is 4.48. The Morgan fingerprint density at radius 3 is 2.83 bits per heavy atom. The van der Waals surface area contributed by atoms with Gasteiger partial charge < -0.3 is 19.4 Å². The first-order valence-electron chi connectivity index (χ1n) is 5.79. The Bertz CT molecular complexity index is 375. The summed E-state index contributed by atoms with van der Waals surface area (Å²) in [6.45, 7) is 2.99. The summed E-state index contributed by atoms with van der Waals surface area (Å²) in [6, 6.07) is 3.31. The van der Waals surface area contributed by atoms with Gasteiger partial charge in [-0.3, -0.25) is 4.79 Å². The average Bonchev–Trinajstić information content (AvgIpc) is 2.87. The Balaban J connectivity index is 2.57. The van der Waals surface area contributed by atoms with Gasteiger partial charge in [0.2, 0.25) is 0 Å². The zero-order chi connectivity index (χ0) is 13.4. The van der Waals surface area contributed by atoms with E-state index in [-0.39, 0.29) is 18.4 Å². The van der Waals surface area contributed by atoms with Crippen LogP contribution in [-0.2, 0) is 16.1 Å². The van der Waals surface area contributed by atoms with E-state index in [1.165, 1.54) is 12.0 Å². The van der Waals surface area contributed by atoms with Gasteiger partial charge in [-0.25, -0.2) is 4.79 Å². The van der Waals surface area contributed by atoms with Gasteiger partial charge in [0.1, 0.15) is 5.76 Å². The maximum Gasteiger partial charge on any atom is 0.317 e. The van der Waals surface area contributed by atoms with E-state index >= 15 is 0 Å². The third-order valence-electron chi connectivity index (χ3n) is 2.36. The van der Waals surface area contributed by atoms with E-state index in [2.05, 4.69) is 10.1 Å². The molecule has 2 amide bonds. The molecule has 0 unspecified atom stereocenters. The van der Waals surface area contributed by atoms with Gasteiger partial charge in [0.15, 0.2) is 0 Å². The van der Waals surface area contributed by atoms with Crippen LogP contribution in [0.2, 0.25) is 0 Å². The van der Waals surface area contributed by atoms with Crippen LogP contribution in [0.5, 0.6) is 0 Å². The fourth-order valence-electron chi connectivity index (χ4n) is 1.43. The number of carbonyl (C=O) groups excluding carboxylic acids is 2. The van der Waals surface area contributed by atoms with E-state index in [9.17, 15) is 9.59 Å². The Labute approximate surface area is 106 Å². The zero-order valence-electron chi connectivity index (χ0n) is 10.6. The molecule has 0 bridgehead atoms. The molecule has 18 heavy (non-hydrogen) atoms. The van der Waals surface area contributed by atoms with E-state index < -0.39 is 0 Å². The number of amides is 2. The molecule has 100 valence electrons. The van der Waals surface area contributed by atoms with Crippen molar-refractivity contribution >= 4 is 12.0 Å². The van der Waals surface area contributed by atoms with E-state index in [0.29, 0.717) is 25.4 Å². The van der Waals surface area contributed by atoms with Gasteiger partial charge in [-0.15, -0.1) is 0 Å². The quantitative estimate of drug-likeness (QED) is 0.778. The molecule has 0 atom stereocenters. The monoisotopic (exact) mass is 254 g/mol. The molecule has 6 nitrogen and oxygen atoms in total. The minimum atomic E-state index is -0.344. The average molecular weight is 254 g/mol. The Hall–Kier alpha value is -1.98. The van der Waals surface area contributed by atoms with Crippen LogP contribution < -0.4 is 5.32 Å². The van der Waals surface area contributed by atoms with Crippen molar-refractivity contribution in [2.75, 3.05) is 20.2 Å². The largest absolute Gasteiger partial charge is 0.469 e. The molecule has 1 aromatic heterocycles. The number of methoxy groups -OCH3 is 1. The SMILES string of the molecule is CCNC(=O)N(CCC(=O)OC)Cc1ccco1. The van der Waals surface area contributed by atoms with Crippen LogP contribution in [0, 0.1) is 0 Å². The molecule has 0 aliphatic rings. The summed E-state index contributed by atoms with van der Waals surface area (Å²) < 4.78 is 9.74. The summed E-state index contributed by atoms with van der Waals surface area (Å²) in [5.41, 5.74) is 0. The van der Waals surface area contributed by atoms with E-state index in [1.54, 1.807) is 18.4 Å². The Morgan fingerprint density at radius 2 is 2.28 bits per heavy atom. The second-order valence-corrected chi connectivity index (χ2v) is 3.66. The number of rotatable bonds is 6. The van der Waals surface area contributed by atoms with Gasteiger partial charge in [0.05, 0.1) is 26.3 Å². The van der Waals surface area contributed by atoms with Crippen molar-refractivity contribution in [1.29, 1.82) is 0 Å². The first-order chi connectivity index (χ1) is 8.67. The summed E-state index contributed by atoms with van der Waals surface area (Å²) >= 11 is 0. The van der Waals surface area contributed by atoms with Crippen molar-refractivity contribution in [3.63, 3.8) is 0 Å². The lowest BCUT2D eigenvalue weighted by Crippen LogP contribution is -2.40. The van der Waals surface area contributed by atoms with Crippen molar-refractivity contribution in [3.05, 3.63) is 24.2 Å². The molecule has 0 spiro atoms. The van der Waals surface area contributed by atoms with Crippen LogP contribution in [-0.4, -0.2) is 37.1 Å². The number of ether oxygens (including phenoxy) is 1. The van der Waals surface area contributed by atoms with Crippen molar-refractivity contribution in [3.8, 4) is 0 Å². The predicted octanol–water partition coefficient (Wildman–Crippen LogP) is 1.37. The van der Waals surface area contributed by atoms with Crippen LogP contribution in [0.25, 0.3) is 0 Å². The fourth-order valence-corrected chi connectivity index (χ4v) is 1.43. The van der Waals surface area contributed by atoms with E-state index in [1.807, 2.05) is 6.92 Å². The van der Waals surface area contributed by atoms with Gasteiger partial charge >= 0.3 is 12.0 Å². The summed E-state index contributed by atoms with van der Waals surface area (Å²) in [4.78, 5) is 24.4. The molecule has 0 saturated heterocycles. The van der Waals surface area contributed by atoms with Crippen molar-refractivity contribution < 1.29 is 18.7 Å². The van der Waals surface area contributed by atoms with Gasteiger partial charge in [0.25, 0.3) is 0 Å². The topological polar surface area (TPSA) is 71.8 Å².